The topological polar surface area (TPSA) is 86.8 Å². The minimum absolute atomic E-state index is 0.104. The van der Waals surface area contributed by atoms with E-state index in [1.54, 1.807) is 43.3 Å². The first-order chi connectivity index (χ1) is 15.0. The Morgan fingerprint density at radius 1 is 1.03 bits per heavy atom. The van der Waals surface area contributed by atoms with Crippen molar-refractivity contribution in [1.29, 1.82) is 0 Å². The first kappa shape index (κ1) is 25.3. The smallest absolute Gasteiger partial charge is 0.244 e. The number of carbonyl (C=O) groups excluding carboxylic acids is 2. The van der Waals surface area contributed by atoms with Crippen molar-refractivity contribution < 1.29 is 22.4 Å². The van der Waals surface area contributed by atoms with Crippen LogP contribution in [0.1, 0.15) is 32.8 Å². The standard InChI is InChI=1S/C23H30FN3O4S/c1-5-17(2)25-23(29)18(3)26(15-19-11-9-10-14-21(19)24)22(28)16-27(32(4,30)31)20-12-7-6-8-13-20/h6-14,17-18H,5,15-16H2,1-4H3,(H,25,29)/t17-,18-/m0/s1. The third-order valence-corrected chi connectivity index (χ3v) is 6.33. The van der Waals surface area contributed by atoms with Crippen LogP contribution >= 0.6 is 0 Å². The van der Waals surface area contributed by atoms with E-state index in [2.05, 4.69) is 5.32 Å². The lowest BCUT2D eigenvalue weighted by atomic mass is 10.1. The minimum Gasteiger partial charge on any atom is -0.352 e. The Bertz CT molecular complexity index is 1030. The monoisotopic (exact) mass is 463 g/mol. The van der Waals surface area contributed by atoms with Gasteiger partial charge >= 0.3 is 0 Å². The Balaban J connectivity index is 2.37. The predicted molar refractivity (Wildman–Crippen MR) is 123 cm³/mol. The summed E-state index contributed by atoms with van der Waals surface area (Å²) in [5.74, 6) is -1.52. The molecule has 9 heteroatoms. The van der Waals surface area contributed by atoms with Crippen LogP contribution in [-0.4, -0.2) is 50.0 Å². The van der Waals surface area contributed by atoms with Crippen molar-refractivity contribution in [3.8, 4) is 0 Å². The lowest BCUT2D eigenvalue weighted by Crippen LogP contribution is -2.52. The van der Waals surface area contributed by atoms with Crippen LogP contribution in [0, 0.1) is 5.82 Å². The second-order valence-electron chi connectivity index (χ2n) is 7.71. The number of sulfonamides is 1. The molecule has 2 rings (SSSR count). The number of benzene rings is 2. The van der Waals surface area contributed by atoms with E-state index in [-0.39, 0.29) is 18.2 Å². The van der Waals surface area contributed by atoms with Crippen molar-refractivity contribution in [2.24, 2.45) is 0 Å². The molecule has 0 saturated heterocycles. The Hall–Kier alpha value is -2.94. The molecule has 0 aliphatic carbocycles. The van der Waals surface area contributed by atoms with Crippen LogP contribution in [0.2, 0.25) is 0 Å². The van der Waals surface area contributed by atoms with E-state index in [4.69, 9.17) is 0 Å². The number of para-hydroxylation sites is 1. The molecule has 0 radical (unpaired) electrons. The van der Waals surface area contributed by atoms with Crippen LogP contribution in [0.5, 0.6) is 0 Å². The molecule has 2 amide bonds. The molecule has 0 bridgehead atoms. The average Bonchev–Trinajstić information content (AvgIpc) is 2.75. The highest BCUT2D eigenvalue weighted by molar-refractivity contribution is 7.92. The number of carbonyl (C=O) groups is 2. The van der Waals surface area contributed by atoms with Crippen molar-refractivity contribution in [2.45, 2.75) is 45.8 Å². The summed E-state index contributed by atoms with van der Waals surface area (Å²) >= 11 is 0. The number of nitrogens with zero attached hydrogens (tertiary/aromatic N) is 2. The second-order valence-corrected chi connectivity index (χ2v) is 9.62. The van der Waals surface area contributed by atoms with Gasteiger partial charge in [0.2, 0.25) is 21.8 Å². The molecule has 0 aliphatic heterocycles. The largest absolute Gasteiger partial charge is 0.352 e. The van der Waals surface area contributed by atoms with Gasteiger partial charge in [-0.25, -0.2) is 12.8 Å². The number of hydrogen-bond acceptors (Lipinski definition) is 4. The van der Waals surface area contributed by atoms with Gasteiger partial charge in [0.15, 0.2) is 0 Å². The lowest BCUT2D eigenvalue weighted by molar-refractivity contribution is -0.139. The summed E-state index contributed by atoms with van der Waals surface area (Å²) in [6.07, 6.45) is 1.71. The van der Waals surface area contributed by atoms with E-state index in [1.165, 1.54) is 23.1 Å². The normalized spacial score (nSPS) is 13.2. The molecule has 32 heavy (non-hydrogen) atoms. The molecular formula is C23H30FN3O4S. The quantitative estimate of drug-likeness (QED) is 0.587. The molecule has 2 aromatic rings. The molecule has 0 spiro atoms. The average molecular weight is 464 g/mol. The molecule has 0 unspecified atom stereocenters. The Kier molecular flexibility index (Phi) is 8.77. The van der Waals surface area contributed by atoms with Crippen LogP contribution < -0.4 is 9.62 Å². The zero-order valence-electron chi connectivity index (χ0n) is 18.8. The van der Waals surface area contributed by atoms with E-state index in [0.29, 0.717) is 12.1 Å². The maximum Gasteiger partial charge on any atom is 0.244 e. The van der Waals surface area contributed by atoms with Crippen LogP contribution in [0.4, 0.5) is 10.1 Å². The highest BCUT2D eigenvalue weighted by Crippen LogP contribution is 2.19. The second kappa shape index (κ2) is 11.1. The number of rotatable bonds is 10. The fourth-order valence-electron chi connectivity index (χ4n) is 3.07. The van der Waals surface area contributed by atoms with Crippen LogP contribution in [0.3, 0.4) is 0 Å². The van der Waals surface area contributed by atoms with Gasteiger partial charge in [0.05, 0.1) is 11.9 Å². The highest BCUT2D eigenvalue weighted by Gasteiger charge is 2.30. The Morgan fingerprint density at radius 2 is 1.62 bits per heavy atom. The number of halogens is 1. The summed E-state index contributed by atoms with van der Waals surface area (Å²) in [6.45, 7) is 4.62. The summed E-state index contributed by atoms with van der Waals surface area (Å²) < 4.78 is 40.1. The first-order valence-electron chi connectivity index (χ1n) is 10.4. The molecule has 0 aliphatic rings. The van der Waals surface area contributed by atoms with Gasteiger partial charge in [-0.05, 0) is 38.5 Å². The maximum absolute atomic E-state index is 14.3. The highest BCUT2D eigenvalue weighted by atomic mass is 32.2. The van der Waals surface area contributed by atoms with E-state index in [9.17, 15) is 22.4 Å². The van der Waals surface area contributed by atoms with Crippen LogP contribution in [0.25, 0.3) is 0 Å². The Morgan fingerprint density at radius 3 is 2.19 bits per heavy atom. The van der Waals surface area contributed by atoms with Gasteiger partial charge in [-0.3, -0.25) is 13.9 Å². The van der Waals surface area contributed by atoms with Crippen molar-refractivity contribution in [3.63, 3.8) is 0 Å². The molecule has 2 aromatic carbocycles. The van der Waals surface area contributed by atoms with E-state index < -0.39 is 40.2 Å². The first-order valence-corrected chi connectivity index (χ1v) is 12.3. The lowest BCUT2D eigenvalue weighted by Gasteiger charge is -2.32. The molecule has 0 heterocycles. The number of hydrogen-bond donors (Lipinski definition) is 1. The van der Waals surface area contributed by atoms with Gasteiger partial charge in [0.1, 0.15) is 18.4 Å². The molecule has 1 N–H and O–H groups in total. The molecule has 2 atom stereocenters. The molecule has 0 fully saturated rings. The summed E-state index contributed by atoms with van der Waals surface area (Å²) in [7, 11) is -3.79. The van der Waals surface area contributed by atoms with Gasteiger partial charge in [0.25, 0.3) is 0 Å². The summed E-state index contributed by atoms with van der Waals surface area (Å²) in [5.41, 5.74) is 0.556. The third-order valence-electron chi connectivity index (χ3n) is 5.19. The minimum atomic E-state index is -3.79. The number of anilines is 1. The molecule has 174 valence electrons. The Labute approximate surface area is 189 Å². The van der Waals surface area contributed by atoms with Gasteiger partial charge in [-0.1, -0.05) is 43.3 Å². The van der Waals surface area contributed by atoms with E-state index in [0.717, 1.165) is 10.6 Å². The zero-order chi connectivity index (χ0) is 23.9. The van der Waals surface area contributed by atoms with Crippen molar-refractivity contribution in [3.05, 3.63) is 66.0 Å². The summed E-state index contributed by atoms with van der Waals surface area (Å²) in [5, 5.41) is 2.82. The van der Waals surface area contributed by atoms with Gasteiger partial charge in [0, 0.05) is 18.2 Å². The SMILES string of the molecule is CC[C@H](C)NC(=O)[C@H](C)N(Cc1ccccc1F)C(=O)CN(c1ccccc1)S(C)(=O)=O. The summed E-state index contributed by atoms with van der Waals surface area (Å²) in [4.78, 5) is 27.3. The summed E-state index contributed by atoms with van der Waals surface area (Å²) in [6, 6.07) is 13.1. The number of amides is 2. The van der Waals surface area contributed by atoms with Gasteiger partial charge < -0.3 is 10.2 Å². The maximum atomic E-state index is 14.3. The third kappa shape index (κ3) is 6.78. The van der Waals surface area contributed by atoms with Crippen molar-refractivity contribution in [2.75, 3.05) is 17.1 Å². The van der Waals surface area contributed by atoms with Crippen LogP contribution in [0.15, 0.2) is 54.6 Å². The number of nitrogens with one attached hydrogen (secondary N) is 1. The molecule has 0 saturated carbocycles. The van der Waals surface area contributed by atoms with E-state index in [1.807, 2.05) is 13.8 Å². The molecule has 0 aromatic heterocycles. The van der Waals surface area contributed by atoms with E-state index >= 15 is 0 Å². The zero-order valence-corrected chi connectivity index (χ0v) is 19.6. The van der Waals surface area contributed by atoms with Gasteiger partial charge in [-0.2, -0.15) is 0 Å². The molecule has 7 nitrogen and oxygen atoms in total. The van der Waals surface area contributed by atoms with Crippen molar-refractivity contribution in [1.82, 2.24) is 10.2 Å². The van der Waals surface area contributed by atoms with Gasteiger partial charge in [-0.15, -0.1) is 0 Å². The molecular weight excluding hydrogens is 433 g/mol. The van der Waals surface area contributed by atoms with Crippen LogP contribution in [-0.2, 0) is 26.2 Å². The fourth-order valence-corrected chi connectivity index (χ4v) is 3.92. The predicted octanol–water partition coefficient (Wildman–Crippen LogP) is 2.92. The fraction of sp³-hybridized carbons (Fsp3) is 0.391. The van der Waals surface area contributed by atoms with Crippen molar-refractivity contribution >= 4 is 27.5 Å².